The molecule has 1 unspecified atom stereocenters. The summed E-state index contributed by atoms with van der Waals surface area (Å²) < 4.78 is 30.2. The van der Waals surface area contributed by atoms with E-state index in [-0.39, 0.29) is 18.5 Å². The van der Waals surface area contributed by atoms with E-state index in [0.29, 0.717) is 6.54 Å². The molecule has 3 rings (SSSR count). The first kappa shape index (κ1) is 15.2. The van der Waals surface area contributed by atoms with Crippen LogP contribution in [0.2, 0.25) is 0 Å². The SMILES string of the molecule is OC(CCn1cncn1)(Cn1cncn1)c1ccc(F)cc1F. The Morgan fingerprint density at radius 3 is 2.35 bits per heavy atom. The van der Waals surface area contributed by atoms with Crippen molar-refractivity contribution < 1.29 is 13.9 Å². The van der Waals surface area contributed by atoms with E-state index in [1.165, 1.54) is 40.7 Å². The van der Waals surface area contributed by atoms with Crippen molar-refractivity contribution in [3.8, 4) is 0 Å². The Morgan fingerprint density at radius 2 is 1.74 bits per heavy atom. The van der Waals surface area contributed by atoms with Gasteiger partial charge in [0.1, 0.15) is 42.5 Å². The van der Waals surface area contributed by atoms with E-state index in [0.717, 1.165) is 12.1 Å². The maximum atomic E-state index is 14.2. The maximum Gasteiger partial charge on any atom is 0.137 e. The van der Waals surface area contributed by atoms with E-state index >= 15 is 0 Å². The molecule has 0 radical (unpaired) electrons. The number of rotatable bonds is 6. The highest BCUT2D eigenvalue weighted by atomic mass is 19.1. The number of nitrogens with zero attached hydrogens (tertiary/aromatic N) is 6. The van der Waals surface area contributed by atoms with Gasteiger partial charge in [0.2, 0.25) is 0 Å². The summed E-state index contributed by atoms with van der Waals surface area (Å²) in [6.07, 6.45) is 5.74. The molecule has 0 fully saturated rings. The molecule has 0 saturated carbocycles. The highest BCUT2D eigenvalue weighted by Gasteiger charge is 2.33. The molecule has 2 heterocycles. The Hall–Kier alpha value is -2.68. The standard InChI is InChI=1S/C14H14F2N6O/c15-11-1-2-12(13(16)5-11)14(23,6-22-10-18-8-20-22)3-4-21-9-17-7-19-21/h1-2,5,7-10,23H,3-4,6H2. The quantitative estimate of drug-likeness (QED) is 0.736. The zero-order valence-corrected chi connectivity index (χ0v) is 12.0. The molecular weight excluding hydrogens is 306 g/mol. The zero-order valence-electron chi connectivity index (χ0n) is 12.0. The number of aromatic nitrogens is 6. The molecule has 9 heteroatoms. The highest BCUT2D eigenvalue weighted by molar-refractivity contribution is 5.25. The molecule has 1 atom stereocenters. The Labute approximate surface area is 130 Å². The second kappa shape index (κ2) is 6.21. The van der Waals surface area contributed by atoms with Gasteiger partial charge in [0.25, 0.3) is 0 Å². The van der Waals surface area contributed by atoms with Crippen LogP contribution in [0.4, 0.5) is 8.78 Å². The van der Waals surface area contributed by atoms with Crippen molar-refractivity contribution >= 4 is 0 Å². The third kappa shape index (κ3) is 3.39. The lowest BCUT2D eigenvalue weighted by Crippen LogP contribution is -2.34. The topological polar surface area (TPSA) is 81.6 Å². The van der Waals surface area contributed by atoms with Crippen LogP contribution in [0.25, 0.3) is 0 Å². The minimum absolute atomic E-state index is 0.00508. The van der Waals surface area contributed by atoms with Gasteiger partial charge in [-0.25, -0.2) is 23.4 Å². The van der Waals surface area contributed by atoms with Gasteiger partial charge in [0.05, 0.1) is 6.54 Å². The van der Waals surface area contributed by atoms with Crippen molar-refractivity contribution in [1.29, 1.82) is 0 Å². The Morgan fingerprint density at radius 1 is 1.04 bits per heavy atom. The minimum atomic E-state index is -1.60. The zero-order chi connectivity index (χ0) is 16.3. The Bertz CT molecular complexity index is 762. The number of aliphatic hydroxyl groups is 1. The molecule has 1 N–H and O–H groups in total. The first-order chi connectivity index (χ1) is 11.1. The van der Waals surface area contributed by atoms with Gasteiger partial charge in [-0.15, -0.1) is 0 Å². The number of hydrogen-bond acceptors (Lipinski definition) is 5. The van der Waals surface area contributed by atoms with Crippen LogP contribution in [-0.2, 0) is 18.7 Å². The molecule has 0 aliphatic rings. The first-order valence-corrected chi connectivity index (χ1v) is 6.89. The molecule has 1 aromatic carbocycles. The van der Waals surface area contributed by atoms with Crippen LogP contribution >= 0.6 is 0 Å². The fourth-order valence-corrected chi connectivity index (χ4v) is 2.40. The summed E-state index contributed by atoms with van der Waals surface area (Å²) in [5.74, 6) is -1.52. The summed E-state index contributed by atoms with van der Waals surface area (Å²) in [6, 6.07) is 3.10. The van der Waals surface area contributed by atoms with Gasteiger partial charge in [0.15, 0.2) is 0 Å². The highest BCUT2D eigenvalue weighted by Crippen LogP contribution is 2.30. The predicted octanol–water partition coefficient (Wildman–Crippen LogP) is 1.13. The van der Waals surface area contributed by atoms with Crippen LogP contribution in [0.1, 0.15) is 12.0 Å². The third-order valence-electron chi connectivity index (χ3n) is 3.54. The Kier molecular flexibility index (Phi) is 4.11. The molecule has 3 aromatic rings. The summed E-state index contributed by atoms with van der Waals surface area (Å²) >= 11 is 0. The number of hydrogen-bond donors (Lipinski definition) is 1. The van der Waals surface area contributed by atoms with Crippen LogP contribution < -0.4 is 0 Å². The van der Waals surface area contributed by atoms with E-state index in [1.54, 1.807) is 0 Å². The normalized spacial score (nSPS) is 13.9. The second-order valence-electron chi connectivity index (χ2n) is 5.16. The lowest BCUT2D eigenvalue weighted by atomic mass is 9.89. The van der Waals surface area contributed by atoms with Crippen molar-refractivity contribution in [3.05, 3.63) is 60.7 Å². The van der Waals surface area contributed by atoms with Crippen LogP contribution in [-0.4, -0.2) is 34.6 Å². The fraction of sp³-hybridized carbons (Fsp3) is 0.286. The van der Waals surface area contributed by atoms with Crippen molar-refractivity contribution in [2.45, 2.75) is 25.1 Å². The van der Waals surface area contributed by atoms with Crippen LogP contribution in [0, 0.1) is 11.6 Å². The molecule has 0 amide bonds. The van der Waals surface area contributed by atoms with Crippen LogP contribution in [0.3, 0.4) is 0 Å². The van der Waals surface area contributed by atoms with Crippen LogP contribution in [0.5, 0.6) is 0 Å². The molecule has 7 nitrogen and oxygen atoms in total. The molecule has 0 aliphatic carbocycles. The summed E-state index contributed by atoms with van der Waals surface area (Å²) in [6.45, 7) is 0.284. The second-order valence-corrected chi connectivity index (χ2v) is 5.16. The van der Waals surface area contributed by atoms with Gasteiger partial charge in [-0.3, -0.25) is 4.68 Å². The van der Waals surface area contributed by atoms with Gasteiger partial charge in [-0.1, -0.05) is 6.07 Å². The lowest BCUT2D eigenvalue weighted by Gasteiger charge is -2.29. The molecule has 0 aliphatic heterocycles. The van der Waals surface area contributed by atoms with Crippen molar-refractivity contribution in [2.24, 2.45) is 0 Å². The van der Waals surface area contributed by atoms with Gasteiger partial charge in [0, 0.05) is 24.6 Å². The molecule has 120 valence electrons. The number of aryl methyl sites for hydroxylation is 1. The maximum absolute atomic E-state index is 14.2. The van der Waals surface area contributed by atoms with Gasteiger partial charge < -0.3 is 5.11 Å². The molecule has 0 bridgehead atoms. The van der Waals surface area contributed by atoms with Crippen molar-refractivity contribution in [3.63, 3.8) is 0 Å². The first-order valence-electron chi connectivity index (χ1n) is 6.89. The van der Waals surface area contributed by atoms with Crippen molar-refractivity contribution in [2.75, 3.05) is 0 Å². The smallest absolute Gasteiger partial charge is 0.137 e. The van der Waals surface area contributed by atoms with Crippen LogP contribution in [0.15, 0.2) is 43.5 Å². The molecule has 0 saturated heterocycles. The van der Waals surface area contributed by atoms with Gasteiger partial charge >= 0.3 is 0 Å². The number of benzene rings is 1. The predicted molar refractivity (Wildman–Crippen MR) is 74.9 cm³/mol. The van der Waals surface area contributed by atoms with E-state index in [1.807, 2.05) is 0 Å². The van der Waals surface area contributed by atoms with E-state index in [4.69, 9.17) is 0 Å². The summed E-state index contributed by atoms with van der Waals surface area (Å²) in [7, 11) is 0. The van der Waals surface area contributed by atoms with Gasteiger partial charge in [-0.2, -0.15) is 10.2 Å². The monoisotopic (exact) mass is 320 g/mol. The van der Waals surface area contributed by atoms with E-state index in [9.17, 15) is 13.9 Å². The largest absolute Gasteiger partial charge is 0.383 e. The number of halogens is 2. The minimum Gasteiger partial charge on any atom is -0.383 e. The fourth-order valence-electron chi connectivity index (χ4n) is 2.40. The average molecular weight is 320 g/mol. The third-order valence-corrected chi connectivity index (χ3v) is 3.54. The van der Waals surface area contributed by atoms with Crippen molar-refractivity contribution in [1.82, 2.24) is 29.5 Å². The molecule has 2 aromatic heterocycles. The summed E-state index contributed by atoms with van der Waals surface area (Å²) in [5, 5.41) is 18.9. The lowest BCUT2D eigenvalue weighted by molar-refractivity contribution is -0.00182. The van der Waals surface area contributed by atoms with Gasteiger partial charge in [-0.05, 0) is 6.07 Å². The molecular formula is C14H14F2N6O. The molecule has 0 spiro atoms. The summed E-state index contributed by atoms with van der Waals surface area (Å²) in [5.41, 5.74) is -1.60. The Balaban J connectivity index is 1.91. The molecule has 23 heavy (non-hydrogen) atoms. The van der Waals surface area contributed by atoms with E-state index in [2.05, 4.69) is 20.2 Å². The average Bonchev–Trinajstić information content (AvgIpc) is 3.18. The van der Waals surface area contributed by atoms with E-state index < -0.39 is 17.2 Å². The summed E-state index contributed by atoms with van der Waals surface area (Å²) in [4.78, 5) is 7.63.